The molecule has 152 valence electrons. The van der Waals surface area contributed by atoms with E-state index in [1.807, 2.05) is 42.5 Å². The molecule has 31 heavy (non-hydrogen) atoms. The van der Waals surface area contributed by atoms with Crippen molar-refractivity contribution < 1.29 is 0 Å². The number of nitrogen functional groups attached to an aromatic ring is 1. The largest absolute Gasteiger partial charge is 0.399 e. The number of hydrogen-bond acceptors (Lipinski definition) is 3. The van der Waals surface area contributed by atoms with E-state index in [0.717, 1.165) is 41.2 Å². The molecule has 0 saturated carbocycles. The molecule has 1 aromatic heterocycles. The highest BCUT2D eigenvalue weighted by Gasteiger charge is 2.06. The van der Waals surface area contributed by atoms with Gasteiger partial charge < -0.3 is 16.0 Å². The standard InChI is InChI=1S/C27H24N4/c28-24-8-4-6-20(16-24)18-29-17-19-5-3-7-23(15-19)21-11-13-22(14-12-21)27-30-25-9-1-2-10-26(25)31-27/h1-16,29H,17-18,28H2,(H,30,31). The van der Waals surface area contributed by atoms with Crippen LogP contribution in [-0.4, -0.2) is 9.97 Å². The number of H-pyrrole nitrogens is 1. The van der Waals surface area contributed by atoms with Gasteiger partial charge in [0.25, 0.3) is 0 Å². The summed E-state index contributed by atoms with van der Waals surface area (Å²) in [6.07, 6.45) is 0. The Hall–Kier alpha value is -3.89. The van der Waals surface area contributed by atoms with Crippen LogP contribution in [-0.2, 0) is 13.1 Å². The van der Waals surface area contributed by atoms with Crippen LogP contribution in [0.4, 0.5) is 5.69 Å². The number of anilines is 1. The Bertz CT molecular complexity index is 1290. The molecule has 0 radical (unpaired) electrons. The van der Waals surface area contributed by atoms with Gasteiger partial charge in [0.2, 0.25) is 0 Å². The van der Waals surface area contributed by atoms with Crippen LogP contribution in [0.1, 0.15) is 11.1 Å². The minimum Gasteiger partial charge on any atom is -0.399 e. The van der Waals surface area contributed by atoms with Crippen molar-refractivity contribution >= 4 is 16.7 Å². The minimum absolute atomic E-state index is 0.793. The summed E-state index contributed by atoms with van der Waals surface area (Å²) >= 11 is 0. The first-order valence-corrected chi connectivity index (χ1v) is 10.4. The van der Waals surface area contributed by atoms with Crippen molar-refractivity contribution in [2.24, 2.45) is 0 Å². The Morgan fingerprint density at radius 3 is 2.16 bits per heavy atom. The smallest absolute Gasteiger partial charge is 0.138 e. The van der Waals surface area contributed by atoms with Gasteiger partial charge in [0.05, 0.1) is 11.0 Å². The van der Waals surface area contributed by atoms with Crippen LogP contribution in [0, 0.1) is 0 Å². The number of aromatic nitrogens is 2. The van der Waals surface area contributed by atoms with E-state index < -0.39 is 0 Å². The number of nitrogens with two attached hydrogens (primary N) is 1. The highest BCUT2D eigenvalue weighted by Crippen LogP contribution is 2.25. The summed E-state index contributed by atoms with van der Waals surface area (Å²) in [5.74, 6) is 0.896. The van der Waals surface area contributed by atoms with Crippen molar-refractivity contribution in [3.63, 3.8) is 0 Å². The van der Waals surface area contributed by atoms with Crippen molar-refractivity contribution in [1.29, 1.82) is 0 Å². The van der Waals surface area contributed by atoms with Crippen LogP contribution < -0.4 is 11.1 Å². The Labute approximate surface area is 181 Å². The molecule has 4 nitrogen and oxygen atoms in total. The SMILES string of the molecule is Nc1cccc(CNCc2cccc(-c3ccc(-c4nc5ccccc5[nH]4)cc3)c2)c1. The molecule has 0 aliphatic rings. The Morgan fingerprint density at radius 2 is 1.39 bits per heavy atom. The van der Waals surface area contributed by atoms with Gasteiger partial charge in [-0.2, -0.15) is 0 Å². The molecule has 0 spiro atoms. The number of imidazole rings is 1. The van der Waals surface area contributed by atoms with Crippen molar-refractivity contribution in [3.8, 4) is 22.5 Å². The fourth-order valence-electron chi connectivity index (χ4n) is 3.83. The lowest BCUT2D eigenvalue weighted by Gasteiger charge is -2.09. The van der Waals surface area contributed by atoms with E-state index >= 15 is 0 Å². The molecule has 4 N–H and O–H groups in total. The Kier molecular flexibility index (Phi) is 5.21. The number of hydrogen-bond donors (Lipinski definition) is 3. The third kappa shape index (κ3) is 4.34. The lowest BCUT2D eigenvalue weighted by molar-refractivity contribution is 0.694. The number of benzene rings is 4. The first-order chi connectivity index (χ1) is 15.2. The molecule has 5 aromatic rings. The summed E-state index contributed by atoms with van der Waals surface area (Å²) in [5, 5.41) is 3.50. The van der Waals surface area contributed by atoms with E-state index in [1.165, 1.54) is 22.3 Å². The topological polar surface area (TPSA) is 66.7 Å². The minimum atomic E-state index is 0.793. The third-order valence-electron chi connectivity index (χ3n) is 5.42. The summed E-state index contributed by atoms with van der Waals surface area (Å²) in [7, 11) is 0. The summed E-state index contributed by atoms with van der Waals surface area (Å²) in [6, 6.07) is 33.3. The fourth-order valence-corrected chi connectivity index (χ4v) is 3.83. The van der Waals surface area contributed by atoms with Gasteiger partial charge in [-0.1, -0.05) is 66.7 Å². The van der Waals surface area contributed by atoms with Gasteiger partial charge in [0.15, 0.2) is 0 Å². The number of para-hydroxylation sites is 2. The maximum Gasteiger partial charge on any atom is 0.138 e. The van der Waals surface area contributed by atoms with Crippen molar-refractivity contribution in [1.82, 2.24) is 15.3 Å². The van der Waals surface area contributed by atoms with Crippen LogP contribution in [0.15, 0.2) is 97.1 Å². The Balaban J connectivity index is 1.29. The average Bonchev–Trinajstić information content (AvgIpc) is 3.24. The molecular weight excluding hydrogens is 380 g/mol. The monoisotopic (exact) mass is 404 g/mol. The van der Waals surface area contributed by atoms with Crippen LogP contribution >= 0.6 is 0 Å². The lowest BCUT2D eigenvalue weighted by Crippen LogP contribution is -2.12. The second-order valence-electron chi connectivity index (χ2n) is 7.73. The molecule has 4 heteroatoms. The third-order valence-corrected chi connectivity index (χ3v) is 5.42. The molecule has 0 bridgehead atoms. The van der Waals surface area contributed by atoms with E-state index in [-0.39, 0.29) is 0 Å². The zero-order valence-corrected chi connectivity index (χ0v) is 17.2. The van der Waals surface area contributed by atoms with E-state index in [2.05, 4.69) is 64.9 Å². The number of nitrogens with one attached hydrogen (secondary N) is 2. The van der Waals surface area contributed by atoms with Crippen LogP contribution in [0.25, 0.3) is 33.5 Å². The van der Waals surface area contributed by atoms with Crippen LogP contribution in [0.3, 0.4) is 0 Å². The second-order valence-corrected chi connectivity index (χ2v) is 7.73. The molecule has 0 saturated heterocycles. The summed E-state index contributed by atoms with van der Waals surface area (Å²) < 4.78 is 0. The van der Waals surface area contributed by atoms with Crippen molar-refractivity contribution in [3.05, 3.63) is 108 Å². The number of rotatable bonds is 6. The fraction of sp³-hybridized carbons (Fsp3) is 0.0741. The van der Waals surface area contributed by atoms with Gasteiger partial charge in [-0.25, -0.2) is 4.98 Å². The molecular formula is C27H24N4. The van der Waals surface area contributed by atoms with Crippen molar-refractivity contribution in [2.45, 2.75) is 13.1 Å². The van der Waals surface area contributed by atoms with E-state index in [4.69, 9.17) is 10.7 Å². The zero-order valence-electron chi connectivity index (χ0n) is 17.2. The number of nitrogens with zero attached hydrogens (tertiary/aromatic N) is 1. The molecule has 4 aromatic carbocycles. The maximum atomic E-state index is 5.86. The molecule has 0 aliphatic carbocycles. The normalized spacial score (nSPS) is 11.1. The first-order valence-electron chi connectivity index (χ1n) is 10.4. The molecule has 0 amide bonds. The van der Waals surface area contributed by atoms with Crippen LogP contribution in [0.5, 0.6) is 0 Å². The zero-order chi connectivity index (χ0) is 21.0. The van der Waals surface area contributed by atoms with Gasteiger partial charge >= 0.3 is 0 Å². The van der Waals surface area contributed by atoms with E-state index in [0.29, 0.717) is 0 Å². The summed E-state index contributed by atoms with van der Waals surface area (Å²) in [5.41, 5.74) is 14.6. The highest BCUT2D eigenvalue weighted by molar-refractivity contribution is 5.79. The predicted molar refractivity (Wildman–Crippen MR) is 128 cm³/mol. The van der Waals surface area contributed by atoms with Gasteiger partial charge in [0.1, 0.15) is 5.82 Å². The van der Waals surface area contributed by atoms with Gasteiger partial charge in [-0.05, 0) is 52.6 Å². The molecule has 0 fully saturated rings. The number of aromatic amines is 1. The quantitative estimate of drug-likeness (QED) is 0.315. The summed E-state index contributed by atoms with van der Waals surface area (Å²) in [6.45, 7) is 1.60. The van der Waals surface area contributed by atoms with Gasteiger partial charge in [0, 0.05) is 24.3 Å². The van der Waals surface area contributed by atoms with Gasteiger partial charge in [-0.15, -0.1) is 0 Å². The molecule has 0 unspecified atom stereocenters. The van der Waals surface area contributed by atoms with E-state index in [9.17, 15) is 0 Å². The average molecular weight is 405 g/mol. The lowest BCUT2D eigenvalue weighted by atomic mass is 10.0. The second kappa shape index (κ2) is 8.46. The van der Waals surface area contributed by atoms with Crippen LogP contribution in [0.2, 0.25) is 0 Å². The number of fused-ring (bicyclic) bond motifs is 1. The molecule has 1 heterocycles. The first kappa shape index (κ1) is 19.1. The van der Waals surface area contributed by atoms with Crippen molar-refractivity contribution in [2.75, 3.05) is 5.73 Å². The van der Waals surface area contributed by atoms with Gasteiger partial charge in [-0.3, -0.25) is 0 Å². The Morgan fingerprint density at radius 1 is 0.677 bits per heavy atom. The molecule has 5 rings (SSSR count). The van der Waals surface area contributed by atoms with E-state index in [1.54, 1.807) is 0 Å². The molecule has 0 aliphatic heterocycles. The maximum absolute atomic E-state index is 5.86. The summed E-state index contributed by atoms with van der Waals surface area (Å²) in [4.78, 5) is 8.09. The predicted octanol–water partition coefficient (Wildman–Crippen LogP) is 5.77. The highest BCUT2D eigenvalue weighted by atomic mass is 14.9. The molecule has 0 atom stereocenters.